The number of aromatic nitrogens is 3. The molecule has 0 fully saturated rings. The minimum atomic E-state index is -1.20. The normalized spacial score (nSPS) is 13.2. The maximum Gasteiger partial charge on any atom is 0.326 e. The van der Waals surface area contributed by atoms with Crippen LogP contribution in [0.1, 0.15) is 16.8 Å². The molecule has 2 aromatic carbocycles. The first kappa shape index (κ1) is 28.0. The Kier molecular flexibility index (Phi) is 9.26. The smallest absolute Gasteiger partial charge is 0.326 e. The number of amides is 3. The molecule has 12 nitrogen and oxygen atoms in total. The van der Waals surface area contributed by atoms with Gasteiger partial charge < -0.3 is 36.8 Å². The Labute approximate surface area is 229 Å². The van der Waals surface area contributed by atoms with Gasteiger partial charge in [0.15, 0.2) is 0 Å². The zero-order valence-electron chi connectivity index (χ0n) is 21.6. The van der Waals surface area contributed by atoms with Crippen molar-refractivity contribution in [3.8, 4) is 0 Å². The van der Waals surface area contributed by atoms with Gasteiger partial charge in [-0.1, -0.05) is 48.5 Å². The highest BCUT2D eigenvalue weighted by molar-refractivity contribution is 5.93. The summed E-state index contributed by atoms with van der Waals surface area (Å²) in [7, 11) is 0. The van der Waals surface area contributed by atoms with Crippen molar-refractivity contribution >= 4 is 34.6 Å². The SMILES string of the molecule is N[C@@H](Cc1cnc[nH]1)C(=O)N[C@@H](Cc1c[nH]c2ccccc12)C(=O)NCC(=O)N[C@@H](Cc1ccccc1)C(=O)O. The number of carboxylic acids is 1. The number of H-pyrrole nitrogens is 2. The third-order valence-corrected chi connectivity index (χ3v) is 6.40. The van der Waals surface area contributed by atoms with Crippen molar-refractivity contribution in [3.05, 3.63) is 90.1 Å². The Bertz CT molecular complexity index is 1450. The van der Waals surface area contributed by atoms with Gasteiger partial charge in [0.05, 0.1) is 18.9 Å². The largest absolute Gasteiger partial charge is 0.480 e. The molecule has 8 N–H and O–H groups in total. The van der Waals surface area contributed by atoms with Crippen LogP contribution in [0.5, 0.6) is 0 Å². The van der Waals surface area contributed by atoms with Crippen LogP contribution in [-0.2, 0) is 38.4 Å². The second kappa shape index (κ2) is 13.2. The topological polar surface area (TPSA) is 195 Å². The second-order valence-corrected chi connectivity index (χ2v) is 9.38. The van der Waals surface area contributed by atoms with Crippen molar-refractivity contribution in [2.75, 3.05) is 6.54 Å². The fourth-order valence-electron chi connectivity index (χ4n) is 4.32. The molecular weight excluding hydrogens is 514 g/mol. The van der Waals surface area contributed by atoms with Crippen LogP contribution < -0.4 is 21.7 Å². The number of hydrogen-bond donors (Lipinski definition) is 7. The van der Waals surface area contributed by atoms with E-state index >= 15 is 0 Å². The van der Waals surface area contributed by atoms with Crippen molar-refractivity contribution in [2.24, 2.45) is 5.73 Å². The molecule has 0 radical (unpaired) electrons. The van der Waals surface area contributed by atoms with Crippen molar-refractivity contribution in [1.82, 2.24) is 30.9 Å². The Morgan fingerprint density at radius 1 is 0.875 bits per heavy atom. The molecule has 2 aromatic heterocycles. The van der Waals surface area contributed by atoms with E-state index in [-0.39, 0.29) is 19.3 Å². The van der Waals surface area contributed by atoms with Gasteiger partial charge >= 0.3 is 5.97 Å². The number of nitrogens with zero attached hydrogens (tertiary/aromatic N) is 1. The Balaban J connectivity index is 1.41. The summed E-state index contributed by atoms with van der Waals surface area (Å²) in [6, 6.07) is 13.3. The standard InChI is InChI=1S/C28H31N7O5/c29-21(12-19-14-30-16-33-19)26(37)35-23(11-18-13-31-22-9-5-4-8-20(18)22)27(38)32-15-25(36)34-24(28(39)40)10-17-6-2-1-3-7-17/h1-9,13-14,16,21,23-24,31H,10-12,15,29H2,(H,30,33)(H,32,38)(H,34,36)(H,35,37)(H,39,40)/t21-,23-,24-/m0/s1. The van der Waals surface area contributed by atoms with E-state index in [0.29, 0.717) is 5.69 Å². The average Bonchev–Trinajstić information content (AvgIpc) is 3.61. The van der Waals surface area contributed by atoms with Crippen LogP contribution in [0.4, 0.5) is 0 Å². The summed E-state index contributed by atoms with van der Waals surface area (Å²) in [5.41, 5.74) is 9.14. The quantitative estimate of drug-likeness (QED) is 0.126. The number of imidazole rings is 1. The lowest BCUT2D eigenvalue weighted by Gasteiger charge is -2.21. The number of carbonyl (C=O) groups excluding carboxylic acids is 3. The number of para-hydroxylation sites is 1. The molecule has 4 aromatic rings. The molecule has 4 rings (SSSR count). The molecule has 0 aliphatic rings. The van der Waals surface area contributed by atoms with E-state index in [1.165, 1.54) is 6.33 Å². The summed E-state index contributed by atoms with van der Waals surface area (Å²) >= 11 is 0. The van der Waals surface area contributed by atoms with Crippen LogP contribution in [0.15, 0.2) is 73.3 Å². The molecule has 40 heavy (non-hydrogen) atoms. The number of nitrogens with one attached hydrogen (secondary N) is 5. The highest BCUT2D eigenvalue weighted by Gasteiger charge is 2.27. The van der Waals surface area contributed by atoms with Gasteiger partial charge in [-0.05, 0) is 17.2 Å². The monoisotopic (exact) mass is 545 g/mol. The van der Waals surface area contributed by atoms with E-state index in [1.807, 2.05) is 30.3 Å². The molecular formula is C28H31N7O5. The van der Waals surface area contributed by atoms with Crippen molar-refractivity contribution in [3.63, 3.8) is 0 Å². The number of hydrogen-bond acceptors (Lipinski definition) is 6. The third-order valence-electron chi connectivity index (χ3n) is 6.40. The molecule has 0 aliphatic heterocycles. The molecule has 12 heteroatoms. The van der Waals surface area contributed by atoms with Gasteiger partial charge in [-0.2, -0.15) is 0 Å². The predicted molar refractivity (Wildman–Crippen MR) is 147 cm³/mol. The number of carbonyl (C=O) groups is 4. The van der Waals surface area contributed by atoms with Gasteiger partial charge in [-0.15, -0.1) is 0 Å². The van der Waals surface area contributed by atoms with Gasteiger partial charge in [-0.25, -0.2) is 9.78 Å². The maximum atomic E-state index is 13.2. The molecule has 0 bridgehead atoms. The lowest BCUT2D eigenvalue weighted by molar-refractivity contribution is -0.141. The van der Waals surface area contributed by atoms with Gasteiger partial charge in [0.25, 0.3) is 0 Å². The predicted octanol–water partition coefficient (Wildman–Crippen LogP) is 0.417. The first-order valence-corrected chi connectivity index (χ1v) is 12.7. The summed E-state index contributed by atoms with van der Waals surface area (Å²) in [6.07, 6.45) is 5.20. The second-order valence-electron chi connectivity index (χ2n) is 9.38. The van der Waals surface area contributed by atoms with Crippen molar-refractivity contribution in [1.29, 1.82) is 0 Å². The van der Waals surface area contributed by atoms with Crippen molar-refractivity contribution < 1.29 is 24.3 Å². The average molecular weight is 546 g/mol. The molecule has 0 spiro atoms. The molecule has 0 unspecified atom stereocenters. The first-order chi connectivity index (χ1) is 19.3. The molecule has 0 saturated heterocycles. The first-order valence-electron chi connectivity index (χ1n) is 12.7. The summed E-state index contributed by atoms with van der Waals surface area (Å²) in [6.45, 7) is -0.474. The highest BCUT2D eigenvalue weighted by Crippen LogP contribution is 2.19. The Morgan fingerprint density at radius 3 is 2.35 bits per heavy atom. The van der Waals surface area contributed by atoms with E-state index in [4.69, 9.17) is 5.73 Å². The van der Waals surface area contributed by atoms with E-state index in [2.05, 4.69) is 30.9 Å². The summed E-state index contributed by atoms with van der Waals surface area (Å²) in [4.78, 5) is 60.3. The van der Waals surface area contributed by atoms with Crippen LogP contribution in [0.3, 0.4) is 0 Å². The maximum absolute atomic E-state index is 13.2. The number of nitrogens with two attached hydrogens (primary N) is 1. The van der Waals surface area contributed by atoms with E-state index in [1.54, 1.807) is 36.7 Å². The van der Waals surface area contributed by atoms with Gasteiger partial charge in [0, 0.05) is 48.3 Å². The Hall–Kier alpha value is -4.97. The van der Waals surface area contributed by atoms with Gasteiger partial charge in [-0.3, -0.25) is 14.4 Å². The van der Waals surface area contributed by atoms with Crippen LogP contribution in [0, 0.1) is 0 Å². The van der Waals surface area contributed by atoms with Crippen LogP contribution in [0.2, 0.25) is 0 Å². The van der Waals surface area contributed by atoms with Crippen molar-refractivity contribution in [2.45, 2.75) is 37.4 Å². The van der Waals surface area contributed by atoms with Crippen LogP contribution in [-0.4, -0.2) is 68.4 Å². The molecule has 3 atom stereocenters. The lowest BCUT2D eigenvalue weighted by atomic mass is 10.0. The van der Waals surface area contributed by atoms with E-state index in [0.717, 1.165) is 22.0 Å². The minimum absolute atomic E-state index is 0.0866. The number of rotatable bonds is 13. The minimum Gasteiger partial charge on any atom is -0.480 e. The zero-order valence-corrected chi connectivity index (χ0v) is 21.6. The summed E-state index contributed by atoms with van der Waals surface area (Å²) in [5, 5.41) is 18.1. The van der Waals surface area contributed by atoms with Crippen LogP contribution >= 0.6 is 0 Å². The molecule has 3 amide bonds. The van der Waals surface area contributed by atoms with Gasteiger partial charge in [0.2, 0.25) is 17.7 Å². The van der Waals surface area contributed by atoms with Crippen LogP contribution in [0.25, 0.3) is 10.9 Å². The molecule has 0 aliphatic carbocycles. The highest BCUT2D eigenvalue weighted by atomic mass is 16.4. The molecule has 208 valence electrons. The summed E-state index contributed by atoms with van der Waals surface area (Å²) in [5.74, 6) is -3.03. The fraction of sp³-hybridized carbons (Fsp3) is 0.250. The Morgan fingerprint density at radius 2 is 1.62 bits per heavy atom. The number of benzene rings is 2. The third kappa shape index (κ3) is 7.54. The van der Waals surface area contributed by atoms with E-state index < -0.39 is 48.4 Å². The number of aromatic amines is 2. The fourth-order valence-corrected chi connectivity index (χ4v) is 4.32. The summed E-state index contributed by atoms with van der Waals surface area (Å²) < 4.78 is 0. The number of fused-ring (bicyclic) bond motifs is 1. The number of carboxylic acid groups (broad SMARTS) is 1. The number of aliphatic carboxylic acids is 1. The zero-order chi connectivity index (χ0) is 28.5. The lowest BCUT2D eigenvalue weighted by Crippen LogP contribution is -2.54. The molecule has 0 saturated carbocycles. The molecule has 2 heterocycles. The van der Waals surface area contributed by atoms with E-state index in [9.17, 15) is 24.3 Å². The van der Waals surface area contributed by atoms with Gasteiger partial charge in [0.1, 0.15) is 12.1 Å².